The number of non-ortho nitro benzene ring substituents is 1. The number of carbonyl (C=O) groups excluding carboxylic acids is 1. The van der Waals surface area contributed by atoms with Crippen molar-refractivity contribution in [3.63, 3.8) is 0 Å². The molecule has 1 saturated heterocycles. The minimum absolute atomic E-state index is 0.00552. The number of hydrogen-bond donors (Lipinski definition) is 0. The van der Waals surface area contributed by atoms with E-state index >= 15 is 0 Å². The maximum absolute atomic E-state index is 12.9. The van der Waals surface area contributed by atoms with Crippen molar-refractivity contribution in [1.29, 1.82) is 0 Å². The molecule has 29 heavy (non-hydrogen) atoms. The number of amides is 1. The third-order valence-electron chi connectivity index (χ3n) is 4.75. The molecular formula is C17H17ClF3N5O3. The van der Waals surface area contributed by atoms with Gasteiger partial charge < -0.3 is 9.80 Å². The van der Waals surface area contributed by atoms with E-state index in [1.807, 2.05) is 4.90 Å². The number of halogens is 4. The van der Waals surface area contributed by atoms with Gasteiger partial charge in [-0.05, 0) is 19.1 Å². The number of alkyl halides is 3. The van der Waals surface area contributed by atoms with Crippen LogP contribution < -0.4 is 4.90 Å². The predicted molar refractivity (Wildman–Crippen MR) is 98.9 cm³/mol. The van der Waals surface area contributed by atoms with Crippen LogP contribution in [-0.2, 0) is 17.5 Å². The number of benzene rings is 1. The van der Waals surface area contributed by atoms with Crippen molar-refractivity contribution in [2.24, 2.45) is 0 Å². The molecule has 12 heteroatoms. The minimum atomic E-state index is -4.69. The van der Waals surface area contributed by atoms with Crippen molar-refractivity contribution in [2.75, 3.05) is 31.1 Å². The molecular weight excluding hydrogens is 415 g/mol. The van der Waals surface area contributed by atoms with Gasteiger partial charge in [-0.2, -0.15) is 18.3 Å². The molecule has 0 saturated carbocycles. The lowest BCUT2D eigenvalue weighted by Crippen LogP contribution is -2.49. The summed E-state index contributed by atoms with van der Waals surface area (Å²) in [5.74, 6) is -0.357. The number of carbonyl (C=O) groups is 1. The molecule has 0 unspecified atom stereocenters. The van der Waals surface area contributed by atoms with Gasteiger partial charge in [-0.3, -0.25) is 19.6 Å². The van der Waals surface area contributed by atoms with Crippen molar-refractivity contribution >= 4 is 28.9 Å². The number of nitrogens with zero attached hydrogens (tertiary/aromatic N) is 5. The van der Waals surface area contributed by atoms with Gasteiger partial charge in [-0.25, -0.2) is 0 Å². The van der Waals surface area contributed by atoms with Crippen LogP contribution in [0.2, 0.25) is 5.02 Å². The maximum atomic E-state index is 12.9. The number of anilines is 1. The second-order valence-electron chi connectivity index (χ2n) is 6.54. The molecule has 1 amide bonds. The summed E-state index contributed by atoms with van der Waals surface area (Å²) in [5, 5.41) is 13.7. The van der Waals surface area contributed by atoms with Gasteiger partial charge in [0.1, 0.15) is 6.54 Å². The molecule has 3 rings (SSSR count). The van der Waals surface area contributed by atoms with E-state index in [2.05, 4.69) is 5.10 Å². The molecule has 2 aromatic rings. The smallest absolute Gasteiger partial charge is 0.368 e. The molecule has 1 aliphatic rings. The van der Waals surface area contributed by atoms with Crippen LogP contribution in [0, 0.1) is 17.0 Å². The Morgan fingerprint density at radius 1 is 1.21 bits per heavy atom. The fourth-order valence-corrected chi connectivity index (χ4v) is 3.33. The average Bonchev–Trinajstić information content (AvgIpc) is 2.97. The summed E-state index contributed by atoms with van der Waals surface area (Å²) < 4.78 is 39.7. The fourth-order valence-electron chi connectivity index (χ4n) is 3.09. The summed E-state index contributed by atoms with van der Waals surface area (Å²) in [6, 6.07) is 6.11. The van der Waals surface area contributed by atoms with Crippen molar-refractivity contribution in [3.05, 3.63) is 50.8 Å². The Labute approximate surface area is 168 Å². The summed E-state index contributed by atoms with van der Waals surface area (Å²) in [6.07, 6.45) is -4.69. The molecule has 0 N–H and O–H groups in total. The van der Waals surface area contributed by atoms with Crippen LogP contribution in [0.5, 0.6) is 0 Å². The summed E-state index contributed by atoms with van der Waals surface area (Å²) in [4.78, 5) is 26.3. The maximum Gasteiger partial charge on any atom is 0.436 e. The highest BCUT2D eigenvalue weighted by molar-refractivity contribution is 6.32. The fraction of sp³-hybridized carbons (Fsp3) is 0.412. The molecule has 1 aromatic carbocycles. The van der Waals surface area contributed by atoms with Crippen LogP contribution in [0.3, 0.4) is 0 Å². The Bertz CT molecular complexity index is 922. The van der Waals surface area contributed by atoms with E-state index in [0.29, 0.717) is 26.2 Å². The molecule has 2 heterocycles. The van der Waals surface area contributed by atoms with Gasteiger partial charge in [0.15, 0.2) is 5.69 Å². The third kappa shape index (κ3) is 4.44. The van der Waals surface area contributed by atoms with E-state index in [0.717, 1.165) is 10.4 Å². The molecule has 1 aliphatic heterocycles. The number of aromatic nitrogens is 2. The zero-order valence-electron chi connectivity index (χ0n) is 15.3. The first-order chi connectivity index (χ1) is 13.6. The van der Waals surface area contributed by atoms with Crippen molar-refractivity contribution in [2.45, 2.75) is 19.6 Å². The van der Waals surface area contributed by atoms with E-state index in [1.54, 1.807) is 17.0 Å². The Morgan fingerprint density at radius 2 is 1.79 bits per heavy atom. The zero-order chi connectivity index (χ0) is 21.3. The van der Waals surface area contributed by atoms with Crippen molar-refractivity contribution in [3.8, 4) is 0 Å². The number of nitro groups is 1. The van der Waals surface area contributed by atoms with Gasteiger partial charge in [0, 0.05) is 44.0 Å². The number of piperazine rings is 1. The topological polar surface area (TPSA) is 84.5 Å². The molecule has 156 valence electrons. The van der Waals surface area contributed by atoms with Gasteiger partial charge in [0.05, 0.1) is 15.6 Å². The summed E-state index contributed by atoms with van der Waals surface area (Å²) in [7, 11) is 0. The summed E-state index contributed by atoms with van der Waals surface area (Å²) in [6.45, 7) is 2.78. The lowest BCUT2D eigenvalue weighted by Gasteiger charge is -2.36. The number of rotatable bonds is 4. The van der Waals surface area contributed by atoms with Crippen LogP contribution >= 0.6 is 11.6 Å². The molecule has 1 fully saturated rings. The summed E-state index contributed by atoms with van der Waals surface area (Å²) in [5.41, 5.74) is -0.328. The molecule has 0 radical (unpaired) electrons. The first-order valence-electron chi connectivity index (χ1n) is 8.65. The van der Waals surface area contributed by atoms with Gasteiger partial charge in [0.2, 0.25) is 5.91 Å². The van der Waals surface area contributed by atoms with Gasteiger partial charge >= 0.3 is 6.18 Å². The van der Waals surface area contributed by atoms with E-state index in [4.69, 9.17) is 11.6 Å². The normalized spacial score (nSPS) is 14.9. The summed E-state index contributed by atoms with van der Waals surface area (Å²) >= 11 is 5.71. The van der Waals surface area contributed by atoms with Crippen LogP contribution in [0.1, 0.15) is 11.4 Å². The minimum Gasteiger partial charge on any atom is -0.368 e. The molecule has 8 nitrogen and oxygen atoms in total. The monoisotopic (exact) mass is 431 g/mol. The van der Waals surface area contributed by atoms with Crippen molar-refractivity contribution < 1.29 is 22.9 Å². The van der Waals surface area contributed by atoms with Gasteiger partial charge in [-0.1, -0.05) is 11.6 Å². The number of nitro benzene ring substituents is 1. The molecule has 0 aliphatic carbocycles. The van der Waals surface area contributed by atoms with E-state index in [9.17, 15) is 28.1 Å². The Balaban J connectivity index is 1.61. The number of hydrogen-bond acceptors (Lipinski definition) is 5. The Hall–Kier alpha value is -2.82. The molecule has 1 aromatic heterocycles. The van der Waals surface area contributed by atoms with Gasteiger partial charge in [-0.15, -0.1) is 0 Å². The van der Waals surface area contributed by atoms with E-state index in [-0.39, 0.29) is 23.8 Å². The highest BCUT2D eigenvalue weighted by Crippen LogP contribution is 2.35. The Kier molecular flexibility index (Phi) is 5.69. The lowest BCUT2D eigenvalue weighted by molar-refractivity contribution is -0.384. The predicted octanol–water partition coefficient (Wildman–Crippen LogP) is 3.12. The zero-order valence-corrected chi connectivity index (χ0v) is 16.1. The van der Waals surface area contributed by atoms with Crippen LogP contribution in [0.15, 0.2) is 24.3 Å². The Morgan fingerprint density at radius 3 is 2.28 bits per heavy atom. The molecule has 0 bridgehead atoms. The molecule has 0 atom stereocenters. The second-order valence-corrected chi connectivity index (χ2v) is 6.92. The van der Waals surface area contributed by atoms with Crippen LogP contribution in [0.25, 0.3) is 0 Å². The van der Waals surface area contributed by atoms with E-state index < -0.39 is 21.8 Å². The SMILES string of the molecule is Cc1c(Cl)c(C(F)(F)F)nn1CC(=O)N1CCN(c2ccc([N+](=O)[O-])cc2)CC1. The first kappa shape index (κ1) is 20.9. The standard InChI is InChI=1S/C17H17ClF3N5O3/c1-11-15(18)16(17(19,20)21)22-25(11)10-14(27)24-8-6-23(7-9-24)12-2-4-13(5-3-12)26(28)29/h2-5H,6-10H2,1H3. The highest BCUT2D eigenvalue weighted by atomic mass is 35.5. The average molecular weight is 432 g/mol. The first-order valence-corrected chi connectivity index (χ1v) is 9.03. The van der Waals surface area contributed by atoms with Crippen LogP contribution in [-0.4, -0.2) is 51.7 Å². The van der Waals surface area contributed by atoms with E-state index in [1.165, 1.54) is 19.1 Å². The highest BCUT2D eigenvalue weighted by Gasteiger charge is 2.38. The quantitative estimate of drug-likeness (QED) is 0.548. The van der Waals surface area contributed by atoms with Gasteiger partial charge in [0.25, 0.3) is 5.69 Å². The van der Waals surface area contributed by atoms with Crippen LogP contribution in [0.4, 0.5) is 24.5 Å². The largest absolute Gasteiger partial charge is 0.436 e. The molecule has 0 spiro atoms. The third-order valence-corrected chi connectivity index (χ3v) is 5.20. The second kappa shape index (κ2) is 7.90. The van der Waals surface area contributed by atoms with Crippen molar-refractivity contribution in [1.82, 2.24) is 14.7 Å². The lowest BCUT2D eigenvalue weighted by atomic mass is 10.2.